The molecule has 1 fully saturated rings. The highest BCUT2D eigenvalue weighted by Gasteiger charge is 2.10. The number of carboxylic acids is 1. The van der Waals surface area contributed by atoms with Gasteiger partial charge in [0.15, 0.2) is 0 Å². The van der Waals surface area contributed by atoms with E-state index in [2.05, 4.69) is 4.90 Å². The van der Waals surface area contributed by atoms with Crippen LogP contribution in [0.25, 0.3) is 6.08 Å². The molecule has 1 saturated heterocycles. The van der Waals surface area contributed by atoms with Crippen molar-refractivity contribution in [1.29, 1.82) is 0 Å². The first-order valence-electron chi connectivity index (χ1n) is 6.70. The second kappa shape index (κ2) is 7.05. The minimum Gasteiger partial charge on any atom is -0.492 e. The van der Waals surface area contributed by atoms with Crippen LogP contribution in [-0.4, -0.2) is 42.2 Å². The Morgan fingerprint density at radius 2 is 2.10 bits per heavy atom. The molecule has 0 aromatic heterocycles. The van der Waals surface area contributed by atoms with Gasteiger partial charge in [-0.3, -0.25) is 4.90 Å². The van der Waals surface area contributed by atoms with Gasteiger partial charge in [0, 0.05) is 18.7 Å². The number of rotatable bonds is 6. The van der Waals surface area contributed by atoms with Crippen LogP contribution in [0, 0.1) is 5.82 Å². The molecule has 20 heavy (non-hydrogen) atoms. The maximum Gasteiger partial charge on any atom is 0.328 e. The highest BCUT2D eigenvalue weighted by atomic mass is 19.1. The molecule has 0 aliphatic carbocycles. The fourth-order valence-electron chi connectivity index (χ4n) is 2.23. The van der Waals surface area contributed by atoms with Crippen LogP contribution in [0.2, 0.25) is 0 Å². The van der Waals surface area contributed by atoms with Gasteiger partial charge in [0.2, 0.25) is 0 Å². The number of aliphatic carboxylic acids is 1. The number of halogens is 1. The van der Waals surface area contributed by atoms with Gasteiger partial charge in [-0.05, 0) is 49.7 Å². The SMILES string of the molecule is O=C(O)/C=C/c1cc(F)cc(OCCN2CCCC2)c1. The average Bonchev–Trinajstić information content (AvgIpc) is 2.89. The van der Waals surface area contributed by atoms with E-state index >= 15 is 0 Å². The largest absolute Gasteiger partial charge is 0.492 e. The van der Waals surface area contributed by atoms with Crippen molar-refractivity contribution in [2.45, 2.75) is 12.8 Å². The summed E-state index contributed by atoms with van der Waals surface area (Å²) in [4.78, 5) is 12.8. The van der Waals surface area contributed by atoms with Crippen molar-refractivity contribution in [1.82, 2.24) is 4.90 Å². The van der Waals surface area contributed by atoms with Crippen LogP contribution >= 0.6 is 0 Å². The molecule has 0 bridgehead atoms. The number of ether oxygens (including phenoxy) is 1. The lowest BCUT2D eigenvalue weighted by atomic mass is 10.2. The standard InChI is InChI=1S/C15H18FNO3/c16-13-9-12(3-4-15(18)19)10-14(11-13)20-8-7-17-5-1-2-6-17/h3-4,9-11H,1-2,5-8H2,(H,18,19)/b4-3+. The Balaban J connectivity index is 1.91. The van der Waals surface area contributed by atoms with Crippen molar-refractivity contribution in [2.24, 2.45) is 0 Å². The monoisotopic (exact) mass is 279 g/mol. The molecule has 5 heteroatoms. The van der Waals surface area contributed by atoms with Crippen LogP contribution in [0.15, 0.2) is 24.3 Å². The number of carboxylic acid groups (broad SMARTS) is 1. The summed E-state index contributed by atoms with van der Waals surface area (Å²) in [6.45, 7) is 3.53. The first kappa shape index (κ1) is 14.5. The third-order valence-corrected chi connectivity index (χ3v) is 3.19. The maximum atomic E-state index is 13.4. The number of hydrogen-bond donors (Lipinski definition) is 1. The summed E-state index contributed by atoms with van der Waals surface area (Å²) >= 11 is 0. The Hall–Kier alpha value is -1.88. The highest BCUT2D eigenvalue weighted by Crippen LogP contribution is 2.18. The number of hydrogen-bond acceptors (Lipinski definition) is 3. The third kappa shape index (κ3) is 4.66. The summed E-state index contributed by atoms with van der Waals surface area (Å²) in [5, 5.41) is 8.56. The van der Waals surface area contributed by atoms with Crippen molar-refractivity contribution in [2.75, 3.05) is 26.2 Å². The molecule has 1 aliphatic heterocycles. The molecular weight excluding hydrogens is 261 g/mol. The van der Waals surface area contributed by atoms with Crippen LogP contribution in [0.3, 0.4) is 0 Å². The van der Waals surface area contributed by atoms with E-state index in [9.17, 15) is 9.18 Å². The molecule has 2 rings (SSSR count). The quantitative estimate of drug-likeness (QED) is 0.812. The minimum absolute atomic E-state index is 0.425. The number of likely N-dealkylation sites (tertiary alicyclic amines) is 1. The molecule has 0 amide bonds. The molecule has 4 nitrogen and oxygen atoms in total. The molecule has 0 radical (unpaired) electrons. The lowest BCUT2D eigenvalue weighted by Gasteiger charge is -2.15. The molecule has 1 aromatic carbocycles. The Morgan fingerprint density at radius 1 is 1.35 bits per heavy atom. The Morgan fingerprint density at radius 3 is 2.80 bits per heavy atom. The number of carbonyl (C=O) groups is 1. The number of benzene rings is 1. The van der Waals surface area contributed by atoms with E-state index in [-0.39, 0.29) is 0 Å². The fourth-order valence-corrected chi connectivity index (χ4v) is 2.23. The molecule has 1 aliphatic rings. The Bertz CT molecular complexity index is 496. The molecule has 1 aromatic rings. The van der Waals surface area contributed by atoms with E-state index in [0.29, 0.717) is 17.9 Å². The van der Waals surface area contributed by atoms with Crippen molar-refractivity contribution >= 4 is 12.0 Å². The van der Waals surface area contributed by atoms with Gasteiger partial charge in [0.1, 0.15) is 18.2 Å². The number of nitrogens with zero attached hydrogens (tertiary/aromatic N) is 1. The summed E-state index contributed by atoms with van der Waals surface area (Å²) in [5.74, 6) is -1.08. The van der Waals surface area contributed by atoms with E-state index in [1.54, 1.807) is 6.07 Å². The first-order chi connectivity index (χ1) is 9.63. The normalized spacial score (nSPS) is 15.8. The van der Waals surface area contributed by atoms with Crippen molar-refractivity contribution < 1.29 is 19.0 Å². The van der Waals surface area contributed by atoms with Gasteiger partial charge in [0.05, 0.1) is 0 Å². The smallest absolute Gasteiger partial charge is 0.328 e. The predicted octanol–water partition coefficient (Wildman–Crippen LogP) is 2.40. The summed E-state index contributed by atoms with van der Waals surface area (Å²) in [6, 6.07) is 4.21. The zero-order chi connectivity index (χ0) is 14.4. The van der Waals surface area contributed by atoms with Gasteiger partial charge in [-0.1, -0.05) is 0 Å². The van der Waals surface area contributed by atoms with Crippen LogP contribution in [-0.2, 0) is 4.79 Å². The van der Waals surface area contributed by atoms with Gasteiger partial charge >= 0.3 is 5.97 Å². The molecule has 0 atom stereocenters. The predicted molar refractivity (Wildman–Crippen MR) is 74.2 cm³/mol. The molecule has 0 unspecified atom stereocenters. The zero-order valence-electron chi connectivity index (χ0n) is 11.2. The van der Waals surface area contributed by atoms with Crippen molar-refractivity contribution in [3.8, 4) is 5.75 Å². The summed E-state index contributed by atoms with van der Waals surface area (Å²) in [5.41, 5.74) is 0.476. The van der Waals surface area contributed by atoms with Gasteiger partial charge in [-0.15, -0.1) is 0 Å². The van der Waals surface area contributed by atoms with E-state index in [1.165, 1.54) is 31.1 Å². The second-order valence-electron chi connectivity index (χ2n) is 4.79. The summed E-state index contributed by atoms with van der Waals surface area (Å²) in [6.07, 6.45) is 4.77. The topological polar surface area (TPSA) is 49.8 Å². The van der Waals surface area contributed by atoms with E-state index in [0.717, 1.165) is 25.7 Å². The van der Waals surface area contributed by atoms with Gasteiger partial charge in [0.25, 0.3) is 0 Å². The van der Waals surface area contributed by atoms with Crippen molar-refractivity contribution in [3.63, 3.8) is 0 Å². The summed E-state index contributed by atoms with van der Waals surface area (Å²) in [7, 11) is 0. The zero-order valence-corrected chi connectivity index (χ0v) is 11.2. The van der Waals surface area contributed by atoms with Crippen LogP contribution in [0.1, 0.15) is 18.4 Å². The van der Waals surface area contributed by atoms with Gasteiger partial charge < -0.3 is 9.84 Å². The molecule has 1 heterocycles. The Kier molecular flexibility index (Phi) is 5.12. The van der Waals surface area contributed by atoms with Crippen LogP contribution in [0.5, 0.6) is 5.75 Å². The van der Waals surface area contributed by atoms with Gasteiger partial charge in [-0.2, -0.15) is 0 Å². The van der Waals surface area contributed by atoms with E-state index < -0.39 is 11.8 Å². The third-order valence-electron chi connectivity index (χ3n) is 3.19. The van der Waals surface area contributed by atoms with Crippen LogP contribution in [0.4, 0.5) is 4.39 Å². The van der Waals surface area contributed by atoms with Gasteiger partial charge in [-0.25, -0.2) is 9.18 Å². The molecule has 0 saturated carbocycles. The lowest BCUT2D eigenvalue weighted by Crippen LogP contribution is -2.25. The molecule has 0 spiro atoms. The van der Waals surface area contributed by atoms with E-state index in [1.807, 2.05) is 0 Å². The second-order valence-corrected chi connectivity index (χ2v) is 4.79. The molecular formula is C15H18FNO3. The minimum atomic E-state index is -1.06. The maximum absolute atomic E-state index is 13.4. The van der Waals surface area contributed by atoms with Crippen LogP contribution < -0.4 is 4.74 Å². The average molecular weight is 279 g/mol. The van der Waals surface area contributed by atoms with E-state index in [4.69, 9.17) is 9.84 Å². The lowest BCUT2D eigenvalue weighted by molar-refractivity contribution is -0.131. The highest BCUT2D eigenvalue weighted by molar-refractivity contribution is 5.85. The molecule has 1 N–H and O–H groups in total. The van der Waals surface area contributed by atoms with Crippen molar-refractivity contribution in [3.05, 3.63) is 35.7 Å². The Labute approximate surface area is 117 Å². The molecule has 108 valence electrons. The fraction of sp³-hybridized carbons (Fsp3) is 0.400. The summed E-state index contributed by atoms with van der Waals surface area (Å²) < 4.78 is 18.9. The first-order valence-corrected chi connectivity index (χ1v) is 6.70.